The Bertz CT molecular complexity index is 588. The highest BCUT2D eigenvalue weighted by Crippen LogP contribution is 2.43. The summed E-state index contributed by atoms with van der Waals surface area (Å²) in [5.41, 5.74) is 0.984. The Morgan fingerprint density at radius 1 is 1.29 bits per heavy atom. The number of benzene rings is 1. The molecule has 2 fully saturated rings. The van der Waals surface area contributed by atoms with Gasteiger partial charge in [-0.1, -0.05) is 0 Å². The van der Waals surface area contributed by atoms with Crippen molar-refractivity contribution < 1.29 is 13.9 Å². The number of fused-ring (bicyclic) bond motifs is 1. The van der Waals surface area contributed by atoms with Crippen molar-refractivity contribution in [3.8, 4) is 0 Å². The molecule has 132 valence electrons. The van der Waals surface area contributed by atoms with Crippen LogP contribution in [0.15, 0.2) is 24.3 Å². The molecule has 24 heavy (non-hydrogen) atoms. The summed E-state index contributed by atoms with van der Waals surface area (Å²) in [7, 11) is 1.63. The molecular weight excluding hydrogens is 307 g/mol. The van der Waals surface area contributed by atoms with Crippen molar-refractivity contribution in [1.29, 1.82) is 0 Å². The number of rotatable bonds is 4. The minimum atomic E-state index is -0.215. The van der Waals surface area contributed by atoms with Crippen LogP contribution in [0.25, 0.3) is 0 Å². The average Bonchev–Trinajstić information content (AvgIpc) is 2.83. The summed E-state index contributed by atoms with van der Waals surface area (Å²) in [5, 5.41) is 0. The Balaban J connectivity index is 1.85. The highest BCUT2D eigenvalue weighted by molar-refractivity contribution is 5.77. The van der Waals surface area contributed by atoms with Gasteiger partial charge in [-0.15, -0.1) is 0 Å². The molecule has 2 heterocycles. The fourth-order valence-corrected chi connectivity index (χ4v) is 4.43. The van der Waals surface area contributed by atoms with Crippen molar-refractivity contribution in [1.82, 2.24) is 4.90 Å². The van der Waals surface area contributed by atoms with E-state index in [-0.39, 0.29) is 23.3 Å². The topological polar surface area (TPSA) is 32.8 Å². The lowest BCUT2D eigenvalue weighted by molar-refractivity contribution is -0.135. The molecule has 1 aromatic rings. The quantitative estimate of drug-likeness (QED) is 0.848. The van der Waals surface area contributed by atoms with Crippen molar-refractivity contribution in [2.45, 2.75) is 57.2 Å². The van der Waals surface area contributed by atoms with Gasteiger partial charge in [0.15, 0.2) is 0 Å². The van der Waals surface area contributed by atoms with E-state index in [0.717, 1.165) is 31.5 Å². The maximum atomic E-state index is 13.3. The minimum absolute atomic E-state index is 0.0582. The second-order valence-corrected chi connectivity index (χ2v) is 7.47. The second kappa shape index (κ2) is 6.71. The van der Waals surface area contributed by atoms with E-state index in [0.29, 0.717) is 19.1 Å². The third kappa shape index (κ3) is 3.14. The standard InChI is InChI=1S/C19H27FN2O2/c1-19(2)13-17-16(22(19)15-8-6-14(20)7-9-15)5-4-11-21(17)18(23)10-12-24-3/h6-9,16-17H,4-5,10-13H2,1-3H3/t16-,17-/m0/s1. The third-order valence-corrected chi connectivity index (χ3v) is 5.38. The van der Waals surface area contributed by atoms with Crippen molar-refractivity contribution in [3.63, 3.8) is 0 Å². The van der Waals surface area contributed by atoms with Gasteiger partial charge >= 0.3 is 0 Å². The molecular formula is C19H27FN2O2. The Labute approximate surface area is 143 Å². The number of carbonyl (C=O) groups is 1. The second-order valence-electron chi connectivity index (χ2n) is 7.47. The molecule has 5 heteroatoms. The molecule has 0 aliphatic carbocycles. The summed E-state index contributed by atoms with van der Waals surface area (Å²) in [5.74, 6) is -0.0318. The lowest BCUT2D eigenvalue weighted by Crippen LogP contribution is -2.53. The average molecular weight is 334 g/mol. The molecule has 2 atom stereocenters. The van der Waals surface area contributed by atoms with Crippen LogP contribution in [0.3, 0.4) is 0 Å². The van der Waals surface area contributed by atoms with Gasteiger partial charge < -0.3 is 14.5 Å². The Hall–Kier alpha value is -1.62. The van der Waals surface area contributed by atoms with Crippen LogP contribution in [0, 0.1) is 5.82 Å². The fourth-order valence-electron chi connectivity index (χ4n) is 4.43. The molecule has 2 aliphatic rings. The van der Waals surface area contributed by atoms with Crippen molar-refractivity contribution >= 4 is 11.6 Å². The third-order valence-electron chi connectivity index (χ3n) is 5.38. The predicted octanol–water partition coefficient (Wildman–Crippen LogP) is 3.21. The number of hydrogen-bond donors (Lipinski definition) is 0. The maximum absolute atomic E-state index is 13.3. The van der Waals surface area contributed by atoms with E-state index in [4.69, 9.17) is 4.74 Å². The lowest BCUT2D eigenvalue weighted by Gasteiger charge is -2.42. The van der Waals surface area contributed by atoms with Gasteiger partial charge in [-0.2, -0.15) is 0 Å². The molecule has 2 aliphatic heterocycles. The van der Waals surface area contributed by atoms with Gasteiger partial charge in [-0.25, -0.2) is 4.39 Å². The van der Waals surface area contributed by atoms with Crippen molar-refractivity contribution in [2.24, 2.45) is 0 Å². The van der Waals surface area contributed by atoms with E-state index in [1.54, 1.807) is 7.11 Å². The fraction of sp³-hybridized carbons (Fsp3) is 0.632. The summed E-state index contributed by atoms with van der Waals surface area (Å²) in [6.07, 6.45) is 3.46. The summed E-state index contributed by atoms with van der Waals surface area (Å²) >= 11 is 0. The molecule has 0 radical (unpaired) electrons. The number of halogens is 1. The maximum Gasteiger partial charge on any atom is 0.225 e. The highest BCUT2D eigenvalue weighted by atomic mass is 19.1. The van der Waals surface area contributed by atoms with Crippen LogP contribution in [0.5, 0.6) is 0 Å². The van der Waals surface area contributed by atoms with Gasteiger partial charge in [0.25, 0.3) is 0 Å². The summed E-state index contributed by atoms with van der Waals surface area (Å²) in [4.78, 5) is 17.0. The Morgan fingerprint density at radius 2 is 2.00 bits per heavy atom. The van der Waals surface area contributed by atoms with Gasteiger partial charge in [-0.3, -0.25) is 4.79 Å². The zero-order valence-corrected chi connectivity index (χ0v) is 14.8. The molecule has 0 bridgehead atoms. The molecule has 3 rings (SSSR count). The van der Waals surface area contributed by atoms with Gasteiger partial charge in [0, 0.05) is 24.9 Å². The van der Waals surface area contributed by atoms with Crippen LogP contribution in [-0.4, -0.2) is 48.7 Å². The summed E-state index contributed by atoms with van der Waals surface area (Å²) in [6.45, 7) is 5.73. The van der Waals surface area contributed by atoms with Crippen LogP contribution >= 0.6 is 0 Å². The van der Waals surface area contributed by atoms with E-state index in [9.17, 15) is 9.18 Å². The zero-order chi connectivity index (χ0) is 17.3. The van der Waals surface area contributed by atoms with E-state index in [1.165, 1.54) is 12.1 Å². The molecule has 1 aromatic carbocycles. The monoisotopic (exact) mass is 334 g/mol. The van der Waals surface area contributed by atoms with Gasteiger partial charge in [0.05, 0.1) is 25.1 Å². The first-order chi connectivity index (χ1) is 11.4. The lowest BCUT2D eigenvalue weighted by atomic mass is 9.94. The molecule has 4 nitrogen and oxygen atoms in total. The van der Waals surface area contributed by atoms with Crippen LogP contribution in [0.4, 0.5) is 10.1 Å². The first-order valence-corrected chi connectivity index (χ1v) is 8.77. The van der Waals surface area contributed by atoms with Gasteiger partial charge in [0.2, 0.25) is 5.91 Å². The summed E-state index contributed by atoms with van der Waals surface area (Å²) in [6, 6.07) is 7.26. The number of nitrogens with zero attached hydrogens (tertiary/aromatic N) is 2. The largest absolute Gasteiger partial charge is 0.384 e. The first-order valence-electron chi connectivity index (χ1n) is 8.77. The Kier molecular flexibility index (Phi) is 4.81. The van der Waals surface area contributed by atoms with Crippen LogP contribution in [0.2, 0.25) is 0 Å². The van der Waals surface area contributed by atoms with E-state index < -0.39 is 0 Å². The number of likely N-dealkylation sites (tertiary alicyclic amines) is 1. The molecule has 0 saturated carbocycles. The molecule has 2 saturated heterocycles. The first kappa shape index (κ1) is 17.2. The van der Waals surface area contributed by atoms with E-state index >= 15 is 0 Å². The number of hydrogen-bond acceptors (Lipinski definition) is 3. The molecule has 0 spiro atoms. The number of anilines is 1. The van der Waals surface area contributed by atoms with Crippen molar-refractivity contribution in [2.75, 3.05) is 25.2 Å². The Morgan fingerprint density at radius 3 is 2.67 bits per heavy atom. The molecule has 0 unspecified atom stereocenters. The number of piperidine rings is 1. The van der Waals surface area contributed by atoms with Crippen LogP contribution < -0.4 is 4.90 Å². The smallest absolute Gasteiger partial charge is 0.225 e. The predicted molar refractivity (Wildman–Crippen MR) is 92.6 cm³/mol. The van der Waals surface area contributed by atoms with E-state index in [2.05, 4.69) is 23.6 Å². The van der Waals surface area contributed by atoms with Crippen LogP contribution in [0.1, 0.15) is 39.5 Å². The van der Waals surface area contributed by atoms with E-state index in [1.807, 2.05) is 12.1 Å². The number of amides is 1. The molecule has 1 amide bonds. The van der Waals surface area contributed by atoms with Crippen molar-refractivity contribution in [3.05, 3.63) is 30.1 Å². The molecule has 0 N–H and O–H groups in total. The number of ether oxygens (including phenoxy) is 1. The SMILES string of the molecule is COCCC(=O)N1CCC[C@H]2[C@@H]1CC(C)(C)N2c1ccc(F)cc1. The van der Waals surface area contributed by atoms with Crippen LogP contribution in [-0.2, 0) is 9.53 Å². The van der Waals surface area contributed by atoms with Gasteiger partial charge in [-0.05, 0) is 57.4 Å². The minimum Gasteiger partial charge on any atom is -0.384 e. The highest BCUT2D eigenvalue weighted by Gasteiger charge is 2.50. The summed E-state index contributed by atoms with van der Waals surface area (Å²) < 4.78 is 18.4. The number of carbonyl (C=O) groups excluding carboxylic acids is 1. The van der Waals surface area contributed by atoms with Gasteiger partial charge in [0.1, 0.15) is 5.82 Å². The number of methoxy groups -OCH3 is 1. The normalized spacial score (nSPS) is 25.7. The molecule has 0 aromatic heterocycles. The zero-order valence-electron chi connectivity index (χ0n) is 14.8.